The molecule has 6 nitrogen and oxygen atoms in total. The molecule has 0 unspecified atom stereocenters. The van der Waals surface area contributed by atoms with Crippen LogP contribution in [0.3, 0.4) is 0 Å². The first kappa shape index (κ1) is 13.2. The largest absolute Gasteiger partial charge is 0.359 e. The van der Waals surface area contributed by atoms with Gasteiger partial charge in [0.1, 0.15) is 5.65 Å². The Kier molecular flexibility index (Phi) is 4.25. The van der Waals surface area contributed by atoms with Crippen LogP contribution < -0.4 is 16.2 Å². The number of nitrogens with zero attached hydrogens (tertiary/aromatic N) is 2. The van der Waals surface area contributed by atoms with Crippen LogP contribution in [0.5, 0.6) is 0 Å². The number of nitrogens with one attached hydrogen (secondary N) is 2. The van der Waals surface area contributed by atoms with Crippen LogP contribution in [0.1, 0.15) is 12.1 Å². The van der Waals surface area contributed by atoms with E-state index >= 15 is 0 Å². The van der Waals surface area contributed by atoms with Crippen LogP contribution in [0.2, 0.25) is 0 Å². The molecule has 0 aromatic carbocycles. The van der Waals surface area contributed by atoms with Crippen LogP contribution in [-0.2, 0) is 11.3 Å². The Morgan fingerprint density at radius 1 is 1.42 bits per heavy atom. The minimum atomic E-state index is -0.103. The average Bonchev–Trinajstić information content (AvgIpc) is 2.43. The van der Waals surface area contributed by atoms with Crippen molar-refractivity contribution in [1.29, 1.82) is 0 Å². The van der Waals surface area contributed by atoms with Gasteiger partial charge in [0.2, 0.25) is 5.91 Å². The van der Waals surface area contributed by atoms with Crippen molar-refractivity contribution in [3.8, 4) is 0 Å². The summed E-state index contributed by atoms with van der Waals surface area (Å²) in [6.07, 6.45) is 2.09. The number of rotatable bonds is 5. The molecule has 2 aromatic rings. The Morgan fingerprint density at radius 3 is 3.05 bits per heavy atom. The fourth-order valence-corrected chi connectivity index (χ4v) is 1.74. The van der Waals surface area contributed by atoms with E-state index in [0.29, 0.717) is 30.9 Å². The molecule has 0 spiro atoms. The summed E-state index contributed by atoms with van der Waals surface area (Å²) in [6.45, 7) is 1.02. The maximum atomic E-state index is 11.8. The van der Waals surface area contributed by atoms with Gasteiger partial charge in [-0.2, -0.15) is 0 Å². The summed E-state index contributed by atoms with van der Waals surface area (Å²) in [5, 5.41) is 5.64. The number of fused-ring (bicyclic) bond motifs is 1. The summed E-state index contributed by atoms with van der Waals surface area (Å²) in [6, 6.07) is 6.91. The normalized spacial score (nSPS) is 10.6. The molecule has 2 N–H and O–H groups in total. The van der Waals surface area contributed by atoms with Crippen molar-refractivity contribution in [3.05, 3.63) is 46.5 Å². The number of amides is 1. The van der Waals surface area contributed by atoms with E-state index in [-0.39, 0.29) is 11.5 Å². The van der Waals surface area contributed by atoms with Crippen LogP contribution in [-0.4, -0.2) is 28.9 Å². The van der Waals surface area contributed by atoms with Gasteiger partial charge in [0, 0.05) is 38.8 Å². The Balaban J connectivity index is 2.02. The molecular weight excluding hydrogens is 244 g/mol. The lowest BCUT2D eigenvalue weighted by atomic mass is 10.3. The minimum absolute atomic E-state index is 0.0148. The molecule has 19 heavy (non-hydrogen) atoms. The number of pyridine rings is 1. The molecular formula is C13H16N4O2. The quantitative estimate of drug-likeness (QED) is 0.737. The lowest BCUT2D eigenvalue weighted by Crippen LogP contribution is -2.25. The Morgan fingerprint density at radius 2 is 2.26 bits per heavy atom. The molecule has 0 aliphatic rings. The van der Waals surface area contributed by atoms with Gasteiger partial charge in [0.05, 0.1) is 5.69 Å². The zero-order valence-electron chi connectivity index (χ0n) is 10.7. The van der Waals surface area contributed by atoms with Crippen molar-refractivity contribution in [2.45, 2.75) is 13.0 Å². The number of hydrogen-bond donors (Lipinski definition) is 2. The maximum Gasteiger partial charge on any atom is 0.258 e. The maximum absolute atomic E-state index is 11.8. The lowest BCUT2D eigenvalue weighted by Gasteiger charge is -2.05. The van der Waals surface area contributed by atoms with Crippen molar-refractivity contribution in [3.63, 3.8) is 0 Å². The van der Waals surface area contributed by atoms with E-state index < -0.39 is 0 Å². The van der Waals surface area contributed by atoms with Crippen molar-refractivity contribution in [1.82, 2.24) is 20.0 Å². The highest BCUT2D eigenvalue weighted by atomic mass is 16.1. The summed E-state index contributed by atoms with van der Waals surface area (Å²) in [4.78, 5) is 27.2. The van der Waals surface area contributed by atoms with E-state index in [1.54, 1.807) is 25.4 Å². The van der Waals surface area contributed by atoms with Crippen molar-refractivity contribution in [2.75, 3.05) is 13.6 Å². The molecule has 0 aliphatic carbocycles. The van der Waals surface area contributed by atoms with Crippen molar-refractivity contribution in [2.24, 2.45) is 0 Å². The highest BCUT2D eigenvalue weighted by Gasteiger charge is 2.02. The molecule has 2 heterocycles. The van der Waals surface area contributed by atoms with Gasteiger partial charge in [-0.15, -0.1) is 0 Å². The van der Waals surface area contributed by atoms with E-state index in [4.69, 9.17) is 0 Å². The van der Waals surface area contributed by atoms with Crippen LogP contribution in [0.15, 0.2) is 35.3 Å². The molecule has 0 aliphatic heterocycles. The van der Waals surface area contributed by atoms with Gasteiger partial charge in [-0.05, 0) is 12.1 Å². The molecule has 6 heteroatoms. The average molecular weight is 260 g/mol. The van der Waals surface area contributed by atoms with Crippen molar-refractivity contribution >= 4 is 11.6 Å². The molecule has 0 atom stereocenters. The summed E-state index contributed by atoms with van der Waals surface area (Å²) in [5.41, 5.74) is 1.19. The minimum Gasteiger partial charge on any atom is -0.359 e. The van der Waals surface area contributed by atoms with E-state index in [2.05, 4.69) is 15.6 Å². The third kappa shape index (κ3) is 3.38. The fourth-order valence-electron chi connectivity index (χ4n) is 1.74. The highest BCUT2D eigenvalue weighted by Crippen LogP contribution is 1.98. The standard InChI is InChI=1S/C13H16N4O2/c1-14-12(18)5-6-15-9-10-8-13(19)17-7-3-2-4-11(17)16-10/h2-4,7-8,15H,5-6,9H2,1H3,(H,14,18). The highest BCUT2D eigenvalue weighted by molar-refractivity contribution is 5.75. The number of carbonyl (C=O) groups is 1. The van der Waals surface area contributed by atoms with E-state index in [1.807, 2.05) is 6.07 Å². The topological polar surface area (TPSA) is 75.5 Å². The number of aromatic nitrogens is 2. The van der Waals surface area contributed by atoms with Crippen LogP contribution in [0.25, 0.3) is 5.65 Å². The molecule has 1 amide bonds. The second kappa shape index (κ2) is 6.10. The Labute approximate surface area is 110 Å². The zero-order chi connectivity index (χ0) is 13.7. The lowest BCUT2D eigenvalue weighted by molar-refractivity contribution is -0.120. The Hall–Kier alpha value is -2.21. The fraction of sp³-hybridized carbons (Fsp3) is 0.308. The van der Waals surface area contributed by atoms with Crippen LogP contribution >= 0.6 is 0 Å². The van der Waals surface area contributed by atoms with Gasteiger partial charge in [-0.1, -0.05) is 6.07 Å². The van der Waals surface area contributed by atoms with Gasteiger partial charge < -0.3 is 10.6 Å². The molecule has 0 bridgehead atoms. The first-order valence-corrected chi connectivity index (χ1v) is 6.09. The van der Waals surface area contributed by atoms with Gasteiger partial charge in [-0.25, -0.2) is 4.98 Å². The number of hydrogen-bond acceptors (Lipinski definition) is 4. The zero-order valence-corrected chi connectivity index (χ0v) is 10.7. The molecule has 100 valence electrons. The van der Waals surface area contributed by atoms with Gasteiger partial charge in [0.15, 0.2) is 0 Å². The third-order valence-electron chi connectivity index (χ3n) is 2.74. The molecule has 0 saturated heterocycles. The predicted octanol–water partition coefficient (Wildman–Crippen LogP) is -0.0798. The summed E-state index contributed by atoms with van der Waals surface area (Å²) >= 11 is 0. The van der Waals surface area contributed by atoms with E-state index in [1.165, 1.54) is 10.5 Å². The molecule has 0 radical (unpaired) electrons. The first-order valence-electron chi connectivity index (χ1n) is 6.09. The van der Waals surface area contributed by atoms with Gasteiger partial charge >= 0.3 is 0 Å². The van der Waals surface area contributed by atoms with Gasteiger partial charge in [-0.3, -0.25) is 14.0 Å². The SMILES string of the molecule is CNC(=O)CCNCc1cc(=O)n2ccccc2n1. The van der Waals surface area contributed by atoms with E-state index in [0.717, 1.165) is 0 Å². The summed E-state index contributed by atoms with van der Waals surface area (Å²) < 4.78 is 1.49. The van der Waals surface area contributed by atoms with Gasteiger partial charge in [0.25, 0.3) is 5.56 Å². The second-order valence-corrected chi connectivity index (χ2v) is 4.11. The summed E-state index contributed by atoms with van der Waals surface area (Å²) in [7, 11) is 1.61. The Bertz CT molecular complexity index is 636. The van der Waals surface area contributed by atoms with E-state index in [9.17, 15) is 9.59 Å². The summed E-state index contributed by atoms with van der Waals surface area (Å²) in [5.74, 6) is -0.0148. The van der Waals surface area contributed by atoms with Crippen molar-refractivity contribution < 1.29 is 4.79 Å². The van der Waals surface area contributed by atoms with Crippen LogP contribution in [0.4, 0.5) is 0 Å². The molecule has 0 fully saturated rings. The monoisotopic (exact) mass is 260 g/mol. The smallest absolute Gasteiger partial charge is 0.258 e. The third-order valence-corrected chi connectivity index (χ3v) is 2.74. The molecule has 0 saturated carbocycles. The molecule has 2 aromatic heterocycles. The molecule has 2 rings (SSSR count). The first-order chi connectivity index (χ1) is 9.20. The predicted molar refractivity (Wildman–Crippen MR) is 71.9 cm³/mol. The number of carbonyl (C=O) groups excluding carboxylic acids is 1. The second-order valence-electron chi connectivity index (χ2n) is 4.11. The van der Waals surface area contributed by atoms with Crippen LogP contribution in [0, 0.1) is 0 Å².